The van der Waals surface area contributed by atoms with Gasteiger partial charge < -0.3 is 9.05 Å². The van der Waals surface area contributed by atoms with Gasteiger partial charge in [0.25, 0.3) is 0 Å². The molecule has 1 aromatic rings. The SMILES string of the molecule is C=CCCOP(OCCC=C)c1ccccc1. The molecule has 0 heterocycles. The second-order valence-electron chi connectivity index (χ2n) is 3.41. The van der Waals surface area contributed by atoms with Gasteiger partial charge in [-0.25, -0.2) is 0 Å². The molecule has 0 N–H and O–H groups in total. The van der Waals surface area contributed by atoms with Crippen molar-refractivity contribution in [2.45, 2.75) is 12.8 Å². The van der Waals surface area contributed by atoms with Crippen LogP contribution in [0.4, 0.5) is 0 Å². The van der Waals surface area contributed by atoms with Crippen LogP contribution in [-0.2, 0) is 9.05 Å². The molecular weight excluding hydrogens is 231 g/mol. The summed E-state index contributed by atoms with van der Waals surface area (Å²) in [4.78, 5) is 0. The van der Waals surface area contributed by atoms with Crippen LogP contribution >= 0.6 is 8.38 Å². The van der Waals surface area contributed by atoms with Crippen LogP contribution in [0, 0.1) is 0 Å². The molecule has 2 nitrogen and oxygen atoms in total. The van der Waals surface area contributed by atoms with E-state index in [4.69, 9.17) is 9.05 Å². The molecule has 0 aliphatic carbocycles. The summed E-state index contributed by atoms with van der Waals surface area (Å²) < 4.78 is 11.5. The van der Waals surface area contributed by atoms with Gasteiger partial charge >= 0.3 is 0 Å². The van der Waals surface area contributed by atoms with Gasteiger partial charge in [0, 0.05) is 5.30 Å². The summed E-state index contributed by atoms with van der Waals surface area (Å²) >= 11 is 0. The van der Waals surface area contributed by atoms with E-state index in [1.807, 2.05) is 42.5 Å². The predicted molar refractivity (Wildman–Crippen MR) is 74.5 cm³/mol. The summed E-state index contributed by atoms with van der Waals surface area (Å²) in [7, 11) is -0.975. The Bertz CT molecular complexity index is 310. The van der Waals surface area contributed by atoms with Crippen LogP contribution in [-0.4, -0.2) is 13.2 Å². The first-order valence-corrected chi connectivity index (χ1v) is 6.89. The van der Waals surface area contributed by atoms with Crippen LogP contribution in [0.1, 0.15) is 12.8 Å². The second-order valence-corrected chi connectivity index (χ2v) is 4.96. The van der Waals surface area contributed by atoms with Gasteiger partial charge in [-0.05, 0) is 25.0 Å². The standard InChI is InChI=1S/C14H19O2P/c1-3-5-12-15-17(16-13-6-4-2)14-10-8-7-9-11-14/h3-4,7-11H,1-2,5-6,12-13H2. The quantitative estimate of drug-likeness (QED) is 0.377. The third kappa shape index (κ3) is 5.78. The van der Waals surface area contributed by atoms with Gasteiger partial charge in [0.1, 0.15) is 0 Å². The predicted octanol–water partition coefficient (Wildman–Crippen LogP) is 3.81. The molecule has 0 atom stereocenters. The van der Waals surface area contributed by atoms with E-state index in [0.717, 1.165) is 18.1 Å². The van der Waals surface area contributed by atoms with Crippen molar-refractivity contribution < 1.29 is 9.05 Å². The minimum Gasteiger partial charge on any atom is -0.330 e. The number of hydrogen-bond donors (Lipinski definition) is 0. The molecule has 0 bridgehead atoms. The van der Waals surface area contributed by atoms with Crippen LogP contribution in [0.15, 0.2) is 55.6 Å². The van der Waals surface area contributed by atoms with Crippen molar-refractivity contribution in [1.82, 2.24) is 0 Å². The smallest absolute Gasteiger partial charge is 0.205 e. The first-order chi connectivity index (χ1) is 8.38. The van der Waals surface area contributed by atoms with E-state index < -0.39 is 8.38 Å². The van der Waals surface area contributed by atoms with E-state index in [0.29, 0.717) is 13.2 Å². The maximum atomic E-state index is 5.75. The van der Waals surface area contributed by atoms with Crippen LogP contribution in [0.3, 0.4) is 0 Å². The summed E-state index contributed by atoms with van der Waals surface area (Å²) in [5.41, 5.74) is 0. The highest BCUT2D eigenvalue weighted by molar-refractivity contribution is 7.56. The van der Waals surface area contributed by atoms with Gasteiger partial charge in [-0.1, -0.05) is 30.4 Å². The summed E-state index contributed by atoms with van der Waals surface area (Å²) in [6.45, 7) is 8.66. The molecule has 0 radical (unpaired) electrons. The van der Waals surface area contributed by atoms with Gasteiger partial charge in [0.05, 0.1) is 13.2 Å². The summed E-state index contributed by atoms with van der Waals surface area (Å²) in [6.07, 6.45) is 5.39. The third-order valence-corrected chi connectivity index (χ3v) is 3.58. The lowest BCUT2D eigenvalue weighted by atomic mass is 10.4. The Morgan fingerprint density at radius 1 is 0.941 bits per heavy atom. The first-order valence-electron chi connectivity index (χ1n) is 5.71. The third-order valence-electron chi connectivity index (χ3n) is 2.03. The van der Waals surface area contributed by atoms with Gasteiger partial charge in [-0.15, -0.1) is 13.2 Å². The van der Waals surface area contributed by atoms with Crippen molar-refractivity contribution >= 4 is 13.7 Å². The summed E-state index contributed by atoms with van der Waals surface area (Å²) in [6, 6.07) is 10.1. The highest BCUT2D eigenvalue weighted by Crippen LogP contribution is 2.37. The topological polar surface area (TPSA) is 18.5 Å². The van der Waals surface area contributed by atoms with E-state index in [1.165, 1.54) is 0 Å². The zero-order valence-corrected chi connectivity index (χ0v) is 10.9. The molecule has 0 aromatic heterocycles. The molecule has 0 aliphatic heterocycles. The number of rotatable bonds is 9. The fourth-order valence-electron chi connectivity index (χ4n) is 1.17. The highest BCUT2D eigenvalue weighted by atomic mass is 31.2. The fourth-order valence-corrected chi connectivity index (χ4v) is 2.50. The van der Waals surface area contributed by atoms with Gasteiger partial charge in [-0.2, -0.15) is 0 Å². The molecule has 17 heavy (non-hydrogen) atoms. The average Bonchev–Trinajstić information content (AvgIpc) is 2.38. The lowest BCUT2D eigenvalue weighted by Crippen LogP contribution is -2.06. The van der Waals surface area contributed by atoms with Crippen LogP contribution < -0.4 is 5.30 Å². The summed E-state index contributed by atoms with van der Waals surface area (Å²) in [5.74, 6) is 0. The number of hydrogen-bond acceptors (Lipinski definition) is 2. The van der Waals surface area contributed by atoms with Crippen molar-refractivity contribution in [2.75, 3.05) is 13.2 Å². The van der Waals surface area contributed by atoms with Gasteiger partial charge in [0.15, 0.2) is 0 Å². The van der Waals surface area contributed by atoms with Crippen molar-refractivity contribution in [3.8, 4) is 0 Å². The number of benzene rings is 1. The minimum absolute atomic E-state index is 0.651. The monoisotopic (exact) mass is 250 g/mol. The fraction of sp³-hybridized carbons (Fsp3) is 0.286. The molecule has 3 heteroatoms. The maximum absolute atomic E-state index is 5.75. The normalized spacial score (nSPS) is 10.4. The second kappa shape index (κ2) is 9.12. The lowest BCUT2D eigenvalue weighted by Gasteiger charge is -2.16. The van der Waals surface area contributed by atoms with E-state index >= 15 is 0 Å². The Balaban J connectivity index is 2.51. The van der Waals surface area contributed by atoms with E-state index in [9.17, 15) is 0 Å². The van der Waals surface area contributed by atoms with Crippen LogP contribution in [0.25, 0.3) is 0 Å². The van der Waals surface area contributed by atoms with Crippen molar-refractivity contribution in [3.05, 3.63) is 55.6 Å². The molecule has 1 rings (SSSR count). The van der Waals surface area contributed by atoms with E-state index in [1.54, 1.807) is 0 Å². The molecular formula is C14H19O2P. The molecule has 92 valence electrons. The molecule has 0 amide bonds. The van der Waals surface area contributed by atoms with Crippen molar-refractivity contribution in [2.24, 2.45) is 0 Å². The van der Waals surface area contributed by atoms with Crippen LogP contribution in [0.2, 0.25) is 0 Å². The zero-order valence-electron chi connectivity index (χ0n) is 10.0. The highest BCUT2D eigenvalue weighted by Gasteiger charge is 2.12. The van der Waals surface area contributed by atoms with E-state index in [2.05, 4.69) is 13.2 Å². The molecule has 0 fully saturated rings. The molecule has 0 aliphatic rings. The molecule has 0 spiro atoms. The van der Waals surface area contributed by atoms with Crippen molar-refractivity contribution in [3.63, 3.8) is 0 Å². The maximum Gasteiger partial charge on any atom is 0.205 e. The molecule has 0 unspecified atom stereocenters. The zero-order chi connectivity index (χ0) is 12.3. The van der Waals surface area contributed by atoms with Crippen LogP contribution in [0.5, 0.6) is 0 Å². The van der Waals surface area contributed by atoms with Crippen molar-refractivity contribution in [1.29, 1.82) is 0 Å². The van der Waals surface area contributed by atoms with Gasteiger partial charge in [0.2, 0.25) is 8.38 Å². The largest absolute Gasteiger partial charge is 0.330 e. The Morgan fingerprint density at radius 3 is 1.94 bits per heavy atom. The Morgan fingerprint density at radius 2 is 1.47 bits per heavy atom. The first kappa shape index (κ1) is 14.1. The Labute approximate surface area is 105 Å². The summed E-state index contributed by atoms with van der Waals surface area (Å²) in [5, 5.41) is 1.11. The Kier molecular flexibility index (Phi) is 7.57. The van der Waals surface area contributed by atoms with E-state index in [-0.39, 0.29) is 0 Å². The Hall–Kier alpha value is -0.950. The molecule has 0 saturated heterocycles. The molecule has 1 aromatic carbocycles. The average molecular weight is 250 g/mol. The van der Waals surface area contributed by atoms with Gasteiger partial charge in [-0.3, -0.25) is 0 Å². The minimum atomic E-state index is -0.975. The lowest BCUT2D eigenvalue weighted by molar-refractivity contribution is 0.263. The molecule has 0 saturated carbocycles.